The van der Waals surface area contributed by atoms with Gasteiger partial charge < -0.3 is 10.6 Å². The smallest absolute Gasteiger partial charge is 0.319 e. The van der Waals surface area contributed by atoms with E-state index in [0.717, 1.165) is 49.3 Å². The second-order valence-electron chi connectivity index (χ2n) is 6.91. The number of nitrogens with zero attached hydrogens (tertiary/aromatic N) is 1. The highest BCUT2D eigenvalue weighted by Gasteiger charge is 2.14. The van der Waals surface area contributed by atoms with E-state index >= 15 is 0 Å². The summed E-state index contributed by atoms with van der Waals surface area (Å²) in [5.74, 6) is 0. The fourth-order valence-electron chi connectivity index (χ4n) is 3.47. The van der Waals surface area contributed by atoms with Crippen molar-refractivity contribution in [3.63, 3.8) is 0 Å². The van der Waals surface area contributed by atoms with Crippen molar-refractivity contribution in [3.8, 4) is 0 Å². The Kier molecular flexibility index (Phi) is 5.71. The molecule has 132 valence electrons. The molecule has 1 aliphatic heterocycles. The molecule has 4 heteroatoms. The molecule has 0 radical (unpaired) electrons. The maximum absolute atomic E-state index is 12.0. The molecular weight excluding hydrogens is 310 g/mol. The number of hydrogen-bond donors (Lipinski definition) is 2. The van der Waals surface area contributed by atoms with Crippen molar-refractivity contribution in [2.45, 2.75) is 33.2 Å². The minimum atomic E-state index is -0.131. The summed E-state index contributed by atoms with van der Waals surface area (Å²) in [6.07, 6.45) is 2.08. The van der Waals surface area contributed by atoms with Gasteiger partial charge in [-0.25, -0.2) is 4.79 Å². The van der Waals surface area contributed by atoms with Gasteiger partial charge in [-0.15, -0.1) is 0 Å². The number of urea groups is 1. The molecule has 0 saturated carbocycles. The molecule has 0 fully saturated rings. The highest BCUT2D eigenvalue weighted by atomic mass is 16.2. The van der Waals surface area contributed by atoms with Crippen LogP contribution in [0.2, 0.25) is 0 Å². The molecule has 0 aromatic heterocycles. The molecule has 2 amide bonds. The standard InChI is InChI=1S/C21H27N3O/c1-16-12-17(2)14-20(13-16)23-21(25)22-9-5-10-24-11-8-18-6-3-4-7-19(18)15-24/h3-4,6-7,12-14H,5,8-11,15H2,1-2H3,(H2,22,23,25). The predicted molar refractivity (Wildman–Crippen MR) is 103 cm³/mol. The molecular formula is C21H27N3O. The quantitative estimate of drug-likeness (QED) is 0.814. The maximum Gasteiger partial charge on any atom is 0.319 e. The normalized spacial score (nSPS) is 14.0. The Hall–Kier alpha value is -2.33. The number of carbonyl (C=O) groups excluding carboxylic acids is 1. The fourth-order valence-corrected chi connectivity index (χ4v) is 3.47. The fraction of sp³-hybridized carbons (Fsp3) is 0.381. The van der Waals surface area contributed by atoms with Gasteiger partial charge in [-0.2, -0.15) is 0 Å². The van der Waals surface area contributed by atoms with Gasteiger partial charge in [0.15, 0.2) is 0 Å². The van der Waals surface area contributed by atoms with Crippen LogP contribution in [0.1, 0.15) is 28.7 Å². The van der Waals surface area contributed by atoms with E-state index in [2.05, 4.69) is 45.9 Å². The first-order valence-corrected chi connectivity index (χ1v) is 9.02. The lowest BCUT2D eigenvalue weighted by Gasteiger charge is -2.28. The molecule has 2 N–H and O–H groups in total. The van der Waals surface area contributed by atoms with Crippen LogP contribution in [0.4, 0.5) is 10.5 Å². The summed E-state index contributed by atoms with van der Waals surface area (Å²) in [6.45, 7) is 7.89. The number of hydrogen-bond acceptors (Lipinski definition) is 2. The lowest BCUT2D eigenvalue weighted by atomic mass is 10.00. The van der Waals surface area contributed by atoms with Crippen LogP contribution in [0, 0.1) is 13.8 Å². The zero-order chi connectivity index (χ0) is 17.6. The summed E-state index contributed by atoms with van der Waals surface area (Å²) in [7, 11) is 0. The number of amides is 2. The van der Waals surface area contributed by atoms with Crippen molar-refractivity contribution in [2.24, 2.45) is 0 Å². The highest BCUT2D eigenvalue weighted by molar-refractivity contribution is 5.89. The van der Waals surface area contributed by atoms with Crippen LogP contribution in [0.5, 0.6) is 0 Å². The Morgan fingerprint density at radius 1 is 1.08 bits per heavy atom. The molecule has 0 atom stereocenters. The molecule has 0 bridgehead atoms. The number of carbonyl (C=O) groups is 1. The molecule has 4 nitrogen and oxygen atoms in total. The molecule has 2 aromatic rings. The van der Waals surface area contributed by atoms with Crippen LogP contribution in [0.25, 0.3) is 0 Å². The molecule has 0 unspecified atom stereocenters. The van der Waals surface area contributed by atoms with Crippen molar-refractivity contribution in [1.82, 2.24) is 10.2 Å². The molecule has 0 spiro atoms. The average molecular weight is 337 g/mol. The van der Waals surface area contributed by atoms with Gasteiger partial charge >= 0.3 is 6.03 Å². The summed E-state index contributed by atoms with van der Waals surface area (Å²) in [5, 5.41) is 5.86. The lowest BCUT2D eigenvalue weighted by molar-refractivity contribution is 0.242. The van der Waals surface area contributed by atoms with Crippen LogP contribution in [0.3, 0.4) is 0 Å². The summed E-state index contributed by atoms with van der Waals surface area (Å²) < 4.78 is 0. The molecule has 0 saturated heterocycles. The van der Waals surface area contributed by atoms with E-state index in [-0.39, 0.29) is 6.03 Å². The highest BCUT2D eigenvalue weighted by Crippen LogP contribution is 2.18. The van der Waals surface area contributed by atoms with Gasteiger partial charge in [-0.05, 0) is 61.1 Å². The Morgan fingerprint density at radius 2 is 1.80 bits per heavy atom. The van der Waals surface area contributed by atoms with E-state index in [9.17, 15) is 4.79 Å². The lowest BCUT2D eigenvalue weighted by Crippen LogP contribution is -2.35. The van der Waals surface area contributed by atoms with Crippen LogP contribution >= 0.6 is 0 Å². The van der Waals surface area contributed by atoms with Crippen molar-refractivity contribution in [3.05, 3.63) is 64.7 Å². The minimum Gasteiger partial charge on any atom is -0.338 e. The number of anilines is 1. The maximum atomic E-state index is 12.0. The van der Waals surface area contributed by atoms with E-state index in [1.807, 2.05) is 26.0 Å². The van der Waals surface area contributed by atoms with Crippen LogP contribution in [-0.4, -0.2) is 30.6 Å². The van der Waals surface area contributed by atoms with Gasteiger partial charge in [0.25, 0.3) is 0 Å². The van der Waals surface area contributed by atoms with Crippen LogP contribution in [-0.2, 0) is 13.0 Å². The average Bonchev–Trinajstić information content (AvgIpc) is 2.57. The monoisotopic (exact) mass is 337 g/mol. The van der Waals surface area contributed by atoms with Crippen molar-refractivity contribution in [1.29, 1.82) is 0 Å². The molecule has 0 aliphatic carbocycles. The molecule has 25 heavy (non-hydrogen) atoms. The Morgan fingerprint density at radius 3 is 2.56 bits per heavy atom. The van der Waals surface area contributed by atoms with Gasteiger partial charge in [-0.1, -0.05) is 30.3 Å². The third-order valence-corrected chi connectivity index (χ3v) is 4.63. The van der Waals surface area contributed by atoms with E-state index < -0.39 is 0 Å². The van der Waals surface area contributed by atoms with Crippen molar-refractivity contribution < 1.29 is 4.79 Å². The van der Waals surface area contributed by atoms with Crippen molar-refractivity contribution in [2.75, 3.05) is 25.0 Å². The first kappa shape index (κ1) is 17.5. The molecule has 1 heterocycles. The Bertz CT molecular complexity index is 721. The second-order valence-corrected chi connectivity index (χ2v) is 6.91. The Labute approximate surface area is 150 Å². The predicted octanol–water partition coefficient (Wildman–Crippen LogP) is 3.87. The third kappa shape index (κ3) is 5.07. The van der Waals surface area contributed by atoms with Crippen LogP contribution in [0.15, 0.2) is 42.5 Å². The van der Waals surface area contributed by atoms with Gasteiger partial charge in [0.2, 0.25) is 0 Å². The summed E-state index contributed by atoms with van der Waals surface area (Å²) in [5.41, 5.74) is 6.07. The molecule has 3 rings (SSSR count). The van der Waals surface area contributed by atoms with E-state index in [1.54, 1.807) is 0 Å². The zero-order valence-corrected chi connectivity index (χ0v) is 15.1. The van der Waals surface area contributed by atoms with E-state index in [0.29, 0.717) is 6.54 Å². The summed E-state index contributed by atoms with van der Waals surface area (Å²) in [4.78, 5) is 14.5. The van der Waals surface area contributed by atoms with Gasteiger partial charge in [-0.3, -0.25) is 4.90 Å². The Balaban J connectivity index is 1.38. The number of fused-ring (bicyclic) bond motifs is 1. The summed E-state index contributed by atoms with van der Waals surface area (Å²) >= 11 is 0. The first-order valence-electron chi connectivity index (χ1n) is 9.02. The number of nitrogens with one attached hydrogen (secondary N) is 2. The zero-order valence-electron chi connectivity index (χ0n) is 15.1. The van der Waals surface area contributed by atoms with E-state index in [4.69, 9.17) is 0 Å². The SMILES string of the molecule is Cc1cc(C)cc(NC(=O)NCCCN2CCc3ccccc3C2)c1. The van der Waals surface area contributed by atoms with Crippen LogP contribution < -0.4 is 10.6 Å². The van der Waals surface area contributed by atoms with Gasteiger partial charge in [0, 0.05) is 31.9 Å². The van der Waals surface area contributed by atoms with E-state index in [1.165, 1.54) is 11.1 Å². The largest absolute Gasteiger partial charge is 0.338 e. The minimum absolute atomic E-state index is 0.131. The first-order chi connectivity index (χ1) is 12.1. The van der Waals surface area contributed by atoms with Gasteiger partial charge in [0.1, 0.15) is 0 Å². The summed E-state index contributed by atoms with van der Waals surface area (Å²) in [6, 6.07) is 14.6. The number of aryl methyl sites for hydroxylation is 2. The topological polar surface area (TPSA) is 44.4 Å². The number of benzene rings is 2. The molecule has 2 aromatic carbocycles. The van der Waals surface area contributed by atoms with Crippen molar-refractivity contribution >= 4 is 11.7 Å². The number of rotatable bonds is 5. The third-order valence-electron chi connectivity index (χ3n) is 4.63. The van der Waals surface area contributed by atoms with Gasteiger partial charge in [0.05, 0.1) is 0 Å². The second kappa shape index (κ2) is 8.17. The molecule has 1 aliphatic rings.